The highest BCUT2D eigenvalue weighted by atomic mass is 127. The Kier molecular flexibility index (Phi) is 11.7. The highest BCUT2D eigenvalue weighted by Gasteiger charge is 2.12. The van der Waals surface area contributed by atoms with E-state index in [4.69, 9.17) is 9.47 Å². The van der Waals surface area contributed by atoms with Crippen LogP contribution in [0.3, 0.4) is 0 Å². The molecule has 0 amide bonds. The Labute approximate surface area is 203 Å². The van der Waals surface area contributed by atoms with Gasteiger partial charge in [-0.25, -0.2) is 0 Å². The minimum atomic E-state index is 0. The zero-order chi connectivity index (χ0) is 21.0. The summed E-state index contributed by atoms with van der Waals surface area (Å²) < 4.78 is 11.2. The standard InChI is InChI=1S/C24H34N4O2.HI/c1-20-8-10-23(11-9-20)30-15-5-12-26-24(25-2)27-18-21-6-3-4-7-22(21)19-28-13-16-29-17-14-28;/h3-4,6-11H,5,12-19H2,1-2H3,(H2,25,26,27);1H. The van der Waals surface area contributed by atoms with E-state index in [1.165, 1.54) is 16.7 Å². The van der Waals surface area contributed by atoms with E-state index in [-0.39, 0.29) is 24.0 Å². The van der Waals surface area contributed by atoms with Crippen LogP contribution in [0.15, 0.2) is 53.5 Å². The molecule has 1 saturated heterocycles. The van der Waals surface area contributed by atoms with Crippen LogP contribution < -0.4 is 15.4 Å². The van der Waals surface area contributed by atoms with Gasteiger partial charge in [-0.3, -0.25) is 9.89 Å². The van der Waals surface area contributed by atoms with Crippen molar-refractivity contribution in [2.24, 2.45) is 4.99 Å². The summed E-state index contributed by atoms with van der Waals surface area (Å²) in [4.78, 5) is 6.79. The Morgan fingerprint density at radius 3 is 2.45 bits per heavy atom. The smallest absolute Gasteiger partial charge is 0.191 e. The van der Waals surface area contributed by atoms with Gasteiger partial charge < -0.3 is 20.1 Å². The Morgan fingerprint density at radius 2 is 1.74 bits per heavy atom. The van der Waals surface area contributed by atoms with E-state index < -0.39 is 0 Å². The molecule has 0 bridgehead atoms. The highest BCUT2D eigenvalue weighted by molar-refractivity contribution is 14.0. The predicted molar refractivity (Wildman–Crippen MR) is 137 cm³/mol. The van der Waals surface area contributed by atoms with Crippen molar-refractivity contribution in [3.8, 4) is 5.75 Å². The second kappa shape index (κ2) is 14.3. The number of morpholine rings is 1. The Morgan fingerprint density at radius 1 is 1.03 bits per heavy atom. The van der Waals surface area contributed by atoms with Crippen molar-refractivity contribution in [3.63, 3.8) is 0 Å². The molecular formula is C24H35IN4O2. The predicted octanol–water partition coefficient (Wildman–Crippen LogP) is 3.58. The molecule has 0 radical (unpaired) electrons. The van der Waals surface area contributed by atoms with Crippen LogP contribution in [0.5, 0.6) is 5.75 Å². The Balaban J connectivity index is 0.00000341. The van der Waals surface area contributed by atoms with Crippen molar-refractivity contribution in [3.05, 3.63) is 65.2 Å². The van der Waals surface area contributed by atoms with Gasteiger partial charge in [0.05, 0.1) is 19.8 Å². The van der Waals surface area contributed by atoms with Crippen molar-refractivity contribution in [2.75, 3.05) is 46.5 Å². The summed E-state index contributed by atoms with van der Waals surface area (Å²) in [5.41, 5.74) is 3.90. The van der Waals surface area contributed by atoms with Gasteiger partial charge in [-0.15, -0.1) is 24.0 Å². The molecule has 1 heterocycles. The summed E-state index contributed by atoms with van der Waals surface area (Å²) in [7, 11) is 1.80. The molecule has 6 nitrogen and oxygen atoms in total. The lowest BCUT2D eigenvalue weighted by Crippen LogP contribution is -2.38. The van der Waals surface area contributed by atoms with E-state index in [1.54, 1.807) is 7.05 Å². The lowest BCUT2D eigenvalue weighted by Gasteiger charge is -2.27. The number of hydrogen-bond acceptors (Lipinski definition) is 4. The van der Waals surface area contributed by atoms with Crippen molar-refractivity contribution >= 4 is 29.9 Å². The number of nitrogens with one attached hydrogen (secondary N) is 2. The van der Waals surface area contributed by atoms with Crippen LogP contribution in [0, 0.1) is 6.92 Å². The fourth-order valence-corrected chi connectivity index (χ4v) is 3.39. The van der Waals surface area contributed by atoms with Gasteiger partial charge in [-0.1, -0.05) is 42.0 Å². The number of aliphatic imine (C=N–C) groups is 1. The molecule has 170 valence electrons. The van der Waals surface area contributed by atoms with Gasteiger partial charge in [0.15, 0.2) is 5.96 Å². The topological polar surface area (TPSA) is 58.1 Å². The van der Waals surface area contributed by atoms with Crippen LogP contribution in [-0.2, 0) is 17.8 Å². The fourth-order valence-electron chi connectivity index (χ4n) is 3.39. The summed E-state index contributed by atoms with van der Waals surface area (Å²) in [5, 5.41) is 6.80. The average molecular weight is 538 g/mol. The van der Waals surface area contributed by atoms with Crippen molar-refractivity contribution in [2.45, 2.75) is 26.4 Å². The van der Waals surface area contributed by atoms with E-state index in [1.807, 2.05) is 12.1 Å². The molecule has 0 aromatic heterocycles. The molecule has 1 fully saturated rings. The summed E-state index contributed by atoms with van der Waals surface area (Å²) >= 11 is 0. The Hall–Kier alpha value is -1.84. The first-order valence-corrected chi connectivity index (χ1v) is 10.8. The van der Waals surface area contributed by atoms with E-state index in [0.717, 1.165) is 64.1 Å². The van der Waals surface area contributed by atoms with Crippen molar-refractivity contribution in [1.29, 1.82) is 0 Å². The van der Waals surface area contributed by atoms with Crippen LogP contribution in [-0.4, -0.2) is 57.4 Å². The van der Waals surface area contributed by atoms with Gasteiger partial charge >= 0.3 is 0 Å². The first-order valence-electron chi connectivity index (χ1n) is 10.8. The number of halogens is 1. The van der Waals surface area contributed by atoms with Crippen LogP contribution >= 0.6 is 24.0 Å². The largest absolute Gasteiger partial charge is 0.494 e. The van der Waals surface area contributed by atoms with Gasteiger partial charge in [0.25, 0.3) is 0 Å². The summed E-state index contributed by atoms with van der Waals surface area (Å²) in [5.74, 6) is 1.73. The maximum atomic E-state index is 5.78. The molecule has 0 spiro atoms. The van der Waals surface area contributed by atoms with E-state index in [2.05, 4.69) is 63.8 Å². The zero-order valence-corrected chi connectivity index (χ0v) is 20.9. The summed E-state index contributed by atoms with van der Waals surface area (Å²) in [6.45, 7) is 8.91. The molecule has 1 aliphatic heterocycles. The first kappa shape index (κ1) is 25.4. The zero-order valence-electron chi connectivity index (χ0n) is 18.6. The van der Waals surface area contributed by atoms with Gasteiger partial charge in [0, 0.05) is 39.8 Å². The van der Waals surface area contributed by atoms with Crippen LogP contribution in [0.2, 0.25) is 0 Å². The van der Waals surface area contributed by atoms with E-state index >= 15 is 0 Å². The number of ether oxygens (including phenoxy) is 2. The summed E-state index contributed by atoms with van der Waals surface area (Å²) in [6, 6.07) is 16.8. The normalized spacial score (nSPS) is 14.6. The first-order chi connectivity index (χ1) is 14.7. The molecule has 1 aliphatic rings. The van der Waals surface area contributed by atoms with Gasteiger partial charge in [0.2, 0.25) is 0 Å². The average Bonchev–Trinajstić information content (AvgIpc) is 2.78. The maximum absolute atomic E-state index is 5.78. The highest BCUT2D eigenvalue weighted by Crippen LogP contribution is 2.13. The molecule has 2 aromatic rings. The minimum Gasteiger partial charge on any atom is -0.494 e. The third-order valence-corrected chi connectivity index (χ3v) is 5.19. The van der Waals surface area contributed by atoms with Gasteiger partial charge in [-0.05, 0) is 36.6 Å². The van der Waals surface area contributed by atoms with Crippen LogP contribution in [0.1, 0.15) is 23.1 Å². The molecule has 0 saturated carbocycles. The lowest BCUT2D eigenvalue weighted by molar-refractivity contribution is 0.0341. The van der Waals surface area contributed by atoms with E-state index in [0.29, 0.717) is 6.61 Å². The third kappa shape index (κ3) is 9.04. The number of benzene rings is 2. The summed E-state index contributed by atoms with van der Waals surface area (Å²) in [6.07, 6.45) is 0.905. The third-order valence-electron chi connectivity index (χ3n) is 5.19. The molecule has 0 aliphatic carbocycles. The van der Waals surface area contributed by atoms with Crippen molar-refractivity contribution in [1.82, 2.24) is 15.5 Å². The number of aryl methyl sites for hydroxylation is 1. The second-order valence-electron chi connectivity index (χ2n) is 7.52. The molecule has 7 heteroatoms. The fraction of sp³-hybridized carbons (Fsp3) is 0.458. The van der Waals surface area contributed by atoms with Crippen LogP contribution in [0.4, 0.5) is 0 Å². The van der Waals surface area contributed by atoms with Gasteiger partial charge in [0.1, 0.15) is 5.75 Å². The van der Waals surface area contributed by atoms with E-state index in [9.17, 15) is 0 Å². The number of rotatable bonds is 9. The minimum absolute atomic E-state index is 0. The van der Waals surface area contributed by atoms with Gasteiger partial charge in [-0.2, -0.15) is 0 Å². The Bertz CT molecular complexity index is 792. The number of guanidine groups is 1. The monoisotopic (exact) mass is 538 g/mol. The molecule has 0 unspecified atom stereocenters. The molecule has 2 aromatic carbocycles. The quantitative estimate of drug-likeness (QED) is 0.221. The number of nitrogens with zero attached hydrogens (tertiary/aromatic N) is 2. The molecule has 3 rings (SSSR count). The SMILES string of the molecule is CN=C(NCCCOc1ccc(C)cc1)NCc1ccccc1CN1CCOCC1.I. The maximum Gasteiger partial charge on any atom is 0.191 e. The van der Waals surface area contributed by atoms with Crippen LogP contribution in [0.25, 0.3) is 0 Å². The lowest BCUT2D eigenvalue weighted by atomic mass is 10.1. The number of hydrogen-bond donors (Lipinski definition) is 2. The second-order valence-corrected chi connectivity index (χ2v) is 7.52. The molecular weight excluding hydrogens is 503 g/mol. The molecule has 0 atom stereocenters. The molecule has 2 N–H and O–H groups in total. The molecule has 31 heavy (non-hydrogen) atoms. The van der Waals surface area contributed by atoms with Crippen molar-refractivity contribution < 1.29 is 9.47 Å².